The van der Waals surface area contributed by atoms with Gasteiger partial charge in [0.05, 0.1) is 12.2 Å². The number of aliphatic hydroxyl groups is 3. The van der Waals surface area contributed by atoms with Gasteiger partial charge in [0, 0.05) is 42.9 Å². The van der Waals surface area contributed by atoms with E-state index in [0.717, 1.165) is 0 Å². The lowest BCUT2D eigenvalue weighted by Crippen LogP contribution is -2.56. The number of ketones is 1. The number of ether oxygens (including phenoxy) is 1. The number of carbonyl (C=O) groups excluding carboxylic acids is 2. The van der Waals surface area contributed by atoms with Crippen LogP contribution in [0.15, 0.2) is 23.3 Å². The number of hydrogen-bond donors (Lipinski definition) is 3. The molecule has 0 unspecified atom stereocenters. The summed E-state index contributed by atoms with van der Waals surface area (Å²) in [4.78, 5) is 24.7. The van der Waals surface area contributed by atoms with Crippen LogP contribution < -0.4 is 0 Å². The predicted molar refractivity (Wildman–Crippen MR) is 101 cm³/mol. The van der Waals surface area contributed by atoms with Crippen LogP contribution >= 0.6 is 0 Å². The molecular formula is C22H30O6. The second-order valence-corrected chi connectivity index (χ2v) is 10.1. The molecule has 4 rings (SSSR count). The number of carbonyl (C=O) groups is 2. The zero-order chi connectivity index (χ0) is 20.9. The highest BCUT2D eigenvalue weighted by molar-refractivity contribution is 6.04. The Labute approximate surface area is 165 Å². The van der Waals surface area contributed by atoms with Gasteiger partial charge in [0.15, 0.2) is 5.78 Å². The van der Waals surface area contributed by atoms with Crippen LogP contribution in [-0.4, -0.2) is 50.5 Å². The van der Waals surface area contributed by atoms with Crippen molar-refractivity contribution in [3.05, 3.63) is 23.3 Å². The monoisotopic (exact) mass is 390 g/mol. The summed E-state index contributed by atoms with van der Waals surface area (Å²) in [5.74, 6) is -1.96. The van der Waals surface area contributed by atoms with Crippen LogP contribution in [0.1, 0.15) is 47.5 Å². The van der Waals surface area contributed by atoms with Crippen LogP contribution in [0.2, 0.25) is 0 Å². The van der Waals surface area contributed by atoms with E-state index in [1.807, 2.05) is 19.9 Å². The van der Waals surface area contributed by atoms with Gasteiger partial charge in [0.2, 0.25) is 0 Å². The number of allylic oxidation sites excluding steroid dienone is 1. The van der Waals surface area contributed by atoms with E-state index in [-0.39, 0.29) is 48.5 Å². The molecule has 0 bridgehead atoms. The topological polar surface area (TPSA) is 104 Å². The van der Waals surface area contributed by atoms with E-state index in [1.54, 1.807) is 19.9 Å². The lowest BCUT2D eigenvalue weighted by molar-refractivity contribution is -0.173. The molecule has 154 valence electrons. The summed E-state index contributed by atoms with van der Waals surface area (Å²) in [5, 5.41) is 32.9. The fourth-order valence-corrected chi connectivity index (χ4v) is 6.93. The SMILES string of the molecule is CC(=O)O[C@@]12C[C@](C)(O)[C@H]3[C@@H](C=C(CO)C[C@]4(O)C(=O)C(C)=C[C@@H]34)[C@@H]1C2(C)C. The second-order valence-electron chi connectivity index (χ2n) is 10.1. The van der Waals surface area contributed by atoms with E-state index in [0.29, 0.717) is 11.1 Å². The molecule has 0 heterocycles. The Morgan fingerprint density at radius 1 is 1.25 bits per heavy atom. The molecule has 2 saturated carbocycles. The molecule has 0 radical (unpaired) electrons. The van der Waals surface area contributed by atoms with Crippen LogP contribution in [0.25, 0.3) is 0 Å². The molecule has 0 amide bonds. The summed E-state index contributed by atoms with van der Waals surface area (Å²) < 4.78 is 5.81. The molecule has 0 aromatic carbocycles. The van der Waals surface area contributed by atoms with E-state index in [2.05, 4.69) is 0 Å². The first kappa shape index (κ1) is 19.8. The quantitative estimate of drug-likeness (QED) is 0.488. The summed E-state index contributed by atoms with van der Waals surface area (Å²) in [6.45, 7) is 8.58. The average molecular weight is 390 g/mol. The van der Waals surface area contributed by atoms with Crippen LogP contribution in [0.4, 0.5) is 0 Å². The molecule has 0 aromatic heterocycles. The van der Waals surface area contributed by atoms with Crippen molar-refractivity contribution in [1.82, 2.24) is 0 Å². The summed E-state index contributed by atoms with van der Waals surface area (Å²) in [6.07, 6.45) is 4.02. The van der Waals surface area contributed by atoms with Crippen LogP contribution in [0.5, 0.6) is 0 Å². The zero-order valence-corrected chi connectivity index (χ0v) is 17.2. The summed E-state index contributed by atoms with van der Waals surface area (Å²) in [6, 6.07) is 0. The predicted octanol–water partition coefficient (Wildman–Crippen LogP) is 1.53. The van der Waals surface area contributed by atoms with Gasteiger partial charge < -0.3 is 20.1 Å². The number of hydrogen-bond acceptors (Lipinski definition) is 6. The first-order valence-corrected chi connectivity index (χ1v) is 10.00. The Bertz CT molecular complexity index is 821. The van der Waals surface area contributed by atoms with Gasteiger partial charge in [-0.1, -0.05) is 26.0 Å². The fraction of sp³-hybridized carbons (Fsp3) is 0.727. The van der Waals surface area contributed by atoms with Crippen molar-refractivity contribution >= 4 is 11.8 Å². The maximum atomic E-state index is 12.8. The van der Waals surface area contributed by atoms with Gasteiger partial charge in [0.25, 0.3) is 0 Å². The van der Waals surface area contributed by atoms with Crippen molar-refractivity contribution in [2.75, 3.05) is 6.61 Å². The van der Waals surface area contributed by atoms with Crippen molar-refractivity contribution in [2.45, 2.75) is 64.3 Å². The van der Waals surface area contributed by atoms with E-state index in [9.17, 15) is 24.9 Å². The fourth-order valence-electron chi connectivity index (χ4n) is 6.93. The molecule has 0 aliphatic heterocycles. The van der Waals surface area contributed by atoms with Gasteiger partial charge in [-0.15, -0.1) is 0 Å². The molecule has 4 aliphatic rings. The maximum absolute atomic E-state index is 12.8. The lowest BCUT2D eigenvalue weighted by atomic mass is 9.61. The third-order valence-electron chi connectivity index (χ3n) is 8.00. The number of fused-ring (bicyclic) bond motifs is 5. The smallest absolute Gasteiger partial charge is 0.303 e. The minimum Gasteiger partial charge on any atom is -0.458 e. The highest BCUT2D eigenvalue weighted by atomic mass is 16.6. The third kappa shape index (κ3) is 2.25. The molecule has 7 atom stereocenters. The van der Waals surface area contributed by atoms with Gasteiger partial charge in [-0.2, -0.15) is 0 Å². The van der Waals surface area contributed by atoms with Crippen molar-refractivity contribution in [2.24, 2.45) is 29.1 Å². The molecule has 6 nitrogen and oxygen atoms in total. The molecule has 0 aromatic rings. The average Bonchev–Trinajstić information content (AvgIpc) is 2.98. The van der Waals surface area contributed by atoms with E-state index >= 15 is 0 Å². The normalized spacial score (nSPS) is 48.5. The number of aliphatic hydroxyl groups excluding tert-OH is 1. The Morgan fingerprint density at radius 3 is 2.46 bits per heavy atom. The highest BCUT2D eigenvalue weighted by Crippen LogP contribution is 2.76. The molecular weight excluding hydrogens is 360 g/mol. The van der Waals surface area contributed by atoms with E-state index in [1.165, 1.54) is 6.92 Å². The molecule has 0 saturated heterocycles. The van der Waals surface area contributed by atoms with Crippen molar-refractivity contribution < 1.29 is 29.6 Å². The summed E-state index contributed by atoms with van der Waals surface area (Å²) in [7, 11) is 0. The summed E-state index contributed by atoms with van der Waals surface area (Å²) in [5.41, 5.74) is -2.97. The Kier molecular flexibility index (Phi) is 3.93. The highest BCUT2D eigenvalue weighted by Gasteiger charge is 2.82. The van der Waals surface area contributed by atoms with Gasteiger partial charge in [-0.25, -0.2) is 0 Å². The minimum absolute atomic E-state index is 0.0532. The van der Waals surface area contributed by atoms with Crippen molar-refractivity contribution in [3.8, 4) is 0 Å². The zero-order valence-electron chi connectivity index (χ0n) is 17.2. The number of rotatable bonds is 2. The standard InChI is InChI=1S/C22H30O6/c1-11-6-15-16-14(7-13(9-23)8-21(15,27)18(11)25)17-19(3,4)22(17,28-12(2)24)10-20(16,5)26/h6-7,14-17,23,26-27H,8-10H2,1-5H3/t14-,15+,16+,17-,20+,21-,22+/m1/s1. The molecule has 3 N–H and O–H groups in total. The van der Waals surface area contributed by atoms with Gasteiger partial charge in [-0.05, 0) is 30.9 Å². The first-order valence-electron chi connectivity index (χ1n) is 10.00. The van der Waals surface area contributed by atoms with Crippen LogP contribution in [0.3, 0.4) is 0 Å². The summed E-state index contributed by atoms with van der Waals surface area (Å²) >= 11 is 0. The molecule has 2 fully saturated rings. The van der Waals surface area contributed by atoms with E-state index < -0.39 is 28.6 Å². The van der Waals surface area contributed by atoms with E-state index in [4.69, 9.17) is 4.74 Å². The Hall–Kier alpha value is -1.50. The van der Waals surface area contributed by atoms with Gasteiger partial charge >= 0.3 is 5.97 Å². The molecule has 6 heteroatoms. The van der Waals surface area contributed by atoms with Gasteiger partial charge in [-0.3, -0.25) is 9.59 Å². The largest absolute Gasteiger partial charge is 0.458 e. The lowest BCUT2D eigenvalue weighted by Gasteiger charge is -2.48. The van der Waals surface area contributed by atoms with Gasteiger partial charge in [0.1, 0.15) is 11.2 Å². The molecule has 28 heavy (non-hydrogen) atoms. The van der Waals surface area contributed by atoms with Crippen molar-refractivity contribution in [1.29, 1.82) is 0 Å². The maximum Gasteiger partial charge on any atom is 0.303 e. The second kappa shape index (κ2) is 5.55. The minimum atomic E-state index is -1.65. The molecule has 4 aliphatic carbocycles. The third-order valence-corrected chi connectivity index (χ3v) is 8.00. The molecule has 0 spiro atoms. The van der Waals surface area contributed by atoms with Crippen molar-refractivity contribution in [3.63, 3.8) is 0 Å². The van der Waals surface area contributed by atoms with Crippen LogP contribution in [-0.2, 0) is 14.3 Å². The first-order chi connectivity index (χ1) is 12.8. The Balaban J connectivity index is 1.89. The number of esters is 1. The van der Waals surface area contributed by atoms with Crippen LogP contribution in [0, 0.1) is 29.1 Å². The number of Topliss-reactive ketones (excluding diaryl/α,β-unsaturated/α-hetero) is 1. The Morgan fingerprint density at radius 2 is 1.89 bits per heavy atom.